The summed E-state index contributed by atoms with van der Waals surface area (Å²) in [5.74, 6) is -2.32. The smallest absolute Gasteiger partial charge is 0.271 e. The SMILES string of the molecule is CC(C)CC(N)C(=O)NC(=Cc1ccc(O)c(O)c1)C(=O)NC=Cc1ccc(O)c(O)c1. The van der Waals surface area contributed by atoms with Gasteiger partial charge < -0.3 is 36.8 Å². The zero-order valence-corrected chi connectivity index (χ0v) is 17.7. The molecule has 0 spiro atoms. The van der Waals surface area contributed by atoms with Gasteiger partial charge >= 0.3 is 0 Å². The van der Waals surface area contributed by atoms with Crippen molar-refractivity contribution < 1.29 is 30.0 Å². The standard InChI is InChI=1S/C23H27N3O6/c1-13(2)9-16(24)22(31)26-17(10-15-4-6-19(28)21(30)12-15)23(32)25-8-7-14-3-5-18(27)20(29)11-14/h3-8,10-13,16,27-30H,9,24H2,1-2H3,(H,25,32)(H,26,31). The van der Waals surface area contributed by atoms with Crippen LogP contribution in [0, 0.1) is 5.92 Å². The molecule has 2 amide bonds. The van der Waals surface area contributed by atoms with Gasteiger partial charge in [-0.3, -0.25) is 9.59 Å². The second kappa shape index (κ2) is 10.9. The largest absolute Gasteiger partial charge is 0.504 e. The number of phenols is 4. The van der Waals surface area contributed by atoms with Crippen LogP contribution in [0.15, 0.2) is 48.3 Å². The number of amides is 2. The molecule has 8 N–H and O–H groups in total. The first-order chi connectivity index (χ1) is 15.1. The molecule has 0 saturated carbocycles. The number of hydrogen-bond donors (Lipinski definition) is 7. The van der Waals surface area contributed by atoms with Crippen molar-refractivity contribution in [1.29, 1.82) is 0 Å². The van der Waals surface area contributed by atoms with Gasteiger partial charge in [0.25, 0.3) is 5.91 Å². The highest BCUT2D eigenvalue weighted by molar-refractivity contribution is 6.02. The molecule has 2 aromatic rings. The molecule has 2 rings (SSSR count). The Balaban J connectivity index is 2.23. The monoisotopic (exact) mass is 441 g/mol. The Bertz CT molecular complexity index is 1050. The van der Waals surface area contributed by atoms with Crippen LogP contribution in [0.2, 0.25) is 0 Å². The molecule has 0 heterocycles. The maximum atomic E-state index is 12.7. The molecule has 0 aliphatic heterocycles. The summed E-state index contributed by atoms with van der Waals surface area (Å²) in [7, 11) is 0. The molecule has 0 bridgehead atoms. The van der Waals surface area contributed by atoms with Crippen LogP contribution in [0.1, 0.15) is 31.4 Å². The van der Waals surface area contributed by atoms with E-state index in [9.17, 15) is 30.0 Å². The summed E-state index contributed by atoms with van der Waals surface area (Å²) in [6.07, 6.45) is 4.53. The molecule has 1 atom stereocenters. The number of nitrogens with one attached hydrogen (secondary N) is 2. The van der Waals surface area contributed by atoms with Crippen LogP contribution in [-0.2, 0) is 9.59 Å². The van der Waals surface area contributed by atoms with E-state index in [4.69, 9.17) is 5.73 Å². The Morgan fingerprint density at radius 1 is 0.938 bits per heavy atom. The Kier molecular flexibility index (Phi) is 8.25. The Hall–Kier alpha value is -3.98. The van der Waals surface area contributed by atoms with E-state index < -0.39 is 17.9 Å². The second-order valence-corrected chi connectivity index (χ2v) is 7.59. The number of nitrogens with two attached hydrogens (primary N) is 1. The zero-order chi connectivity index (χ0) is 23.8. The van der Waals surface area contributed by atoms with Gasteiger partial charge in [-0.2, -0.15) is 0 Å². The van der Waals surface area contributed by atoms with Crippen molar-refractivity contribution in [3.8, 4) is 23.0 Å². The molecule has 1 unspecified atom stereocenters. The first-order valence-electron chi connectivity index (χ1n) is 9.86. The quantitative estimate of drug-likeness (QED) is 0.243. The molecule has 0 fully saturated rings. The Morgan fingerprint density at radius 3 is 2.06 bits per heavy atom. The molecular formula is C23H27N3O6. The fourth-order valence-corrected chi connectivity index (χ4v) is 2.73. The molecule has 9 nitrogen and oxygen atoms in total. The van der Waals surface area contributed by atoms with Crippen molar-refractivity contribution in [2.24, 2.45) is 11.7 Å². The van der Waals surface area contributed by atoms with Crippen molar-refractivity contribution in [2.75, 3.05) is 0 Å². The van der Waals surface area contributed by atoms with Gasteiger partial charge in [-0.15, -0.1) is 0 Å². The van der Waals surface area contributed by atoms with Gasteiger partial charge in [0.1, 0.15) is 5.70 Å². The van der Waals surface area contributed by atoms with Crippen LogP contribution in [0.5, 0.6) is 23.0 Å². The molecule has 0 aliphatic carbocycles. The van der Waals surface area contributed by atoms with E-state index in [1.165, 1.54) is 54.8 Å². The Labute approximate surface area is 185 Å². The van der Waals surface area contributed by atoms with Crippen molar-refractivity contribution >= 4 is 24.0 Å². The summed E-state index contributed by atoms with van der Waals surface area (Å²) < 4.78 is 0. The summed E-state index contributed by atoms with van der Waals surface area (Å²) in [5, 5.41) is 43.1. The van der Waals surface area contributed by atoms with E-state index in [0.29, 0.717) is 17.5 Å². The molecular weight excluding hydrogens is 414 g/mol. The predicted octanol–water partition coefficient (Wildman–Crippen LogP) is 2.13. The first kappa shape index (κ1) is 24.3. The molecule has 170 valence electrons. The third kappa shape index (κ3) is 7.06. The van der Waals surface area contributed by atoms with Crippen molar-refractivity contribution in [2.45, 2.75) is 26.3 Å². The molecule has 2 aromatic carbocycles. The third-order valence-corrected chi connectivity index (χ3v) is 4.36. The number of rotatable bonds is 8. The third-order valence-electron chi connectivity index (χ3n) is 4.36. The minimum atomic E-state index is -0.824. The summed E-state index contributed by atoms with van der Waals surface area (Å²) in [5.41, 5.74) is 6.65. The highest BCUT2D eigenvalue weighted by Crippen LogP contribution is 2.26. The zero-order valence-electron chi connectivity index (χ0n) is 17.7. The van der Waals surface area contributed by atoms with E-state index in [1.54, 1.807) is 0 Å². The fraction of sp³-hybridized carbons (Fsp3) is 0.217. The van der Waals surface area contributed by atoms with Crippen LogP contribution in [-0.4, -0.2) is 38.3 Å². The summed E-state index contributed by atoms with van der Waals surface area (Å²) >= 11 is 0. The average Bonchev–Trinajstić information content (AvgIpc) is 2.72. The first-order valence-corrected chi connectivity index (χ1v) is 9.86. The average molecular weight is 441 g/mol. The van der Waals surface area contributed by atoms with Crippen LogP contribution in [0.25, 0.3) is 12.2 Å². The van der Waals surface area contributed by atoms with E-state index in [-0.39, 0.29) is 34.6 Å². The van der Waals surface area contributed by atoms with Crippen molar-refractivity contribution in [1.82, 2.24) is 10.6 Å². The molecule has 0 saturated heterocycles. The predicted molar refractivity (Wildman–Crippen MR) is 120 cm³/mol. The lowest BCUT2D eigenvalue weighted by Crippen LogP contribution is -2.43. The van der Waals surface area contributed by atoms with E-state index in [2.05, 4.69) is 10.6 Å². The van der Waals surface area contributed by atoms with Gasteiger partial charge in [-0.1, -0.05) is 26.0 Å². The highest BCUT2D eigenvalue weighted by atomic mass is 16.3. The van der Waals surface area contributed by atoms with E-state index in [0.717, 1.165) is 0 Å². The van der Waals surface area contributed by atoms with Gasteiger partial charge in [0.05, 0.1) is 6.04 Å². The highest BCUT2D eigenvalue weighted by Gasteiger charge is 2.19. The van der Waals surface area contributed by atoms with E-state index >= 15 is 0 Å². The second-order valence-electron chi connectivity index (χ2n) is 7.59. The van der Waals surface area contributed by atoms with E-state index in [1.807, 2.05) is 13.8 Å². The minimum Gasteiger partial charge on any atom is -0.504 e. The molecule has 0 aromatic heterocycles. The lowest BCUT2D eigenvalue weighted by molar-refractivity contribution is -0.124. The van der Waals surface area contributed by atoms with Gasteiger partial charge in [-0.25, -0.2) is 0 Å². The van der Waals surface area contributed by atoms with Gasteiger partial charge in [0, 0.05) is 6.20 Å². The topological polar surface area (TPSA) is 165 Å². The molecule has 32 heavy (non-hydrogen) atoms. The number of carbonyl (C=O) groups is 2. The normalized spacial score (nSPS) is 12.7. The van der Waals surface area contributed by atoms with Crippen LogP contribution in [0.4, 0.5) is 0 Å². The van der Waals surface area contributed by atoms with Crippen molar-refractivity contribution in [3.63, 3.8) is 0 Å². The maximum absolute atomic E-state index is 12.7. The molecule has 0 aliphatic rings. The lowest BCUT2D eigenvalue weighted by Gasteiger charge is -2.15. The summed E-state index contributed by atoms with van der Waals surface area (Å²) in [6.45, 7) is 3.84. The van der Waals surface area contributed by atoms with Crippen LogP contribution >= 0.6 is 0 Å². The van der Waals surface area contributed by atoms with Crippen LogP contribution < -0.4 is 16.4 Å². The van der Waals surface area contributed by atoms with Gasteiger partial charge in [0.15, 0.2) is 23.0 Å². The molecule has 9 heteroatoms. The van der Waals surface area contributed by atoms with Gasteiger partial charge in [0.2, 0.25) is 5.91 Å². The number of phenolic OH excluding ortho intramolecular Hbond substituents is 4. The lowest BCUT2D eigenvalue weighted by atomic mass is 10.0. The number of benzene rings is 2. The Morgan fingerprint density at radius 2 is 1.50 bits per heavy atom. The maximum Gasteiger partial charge on any atom is 0.271 e. The number of hydrogen-bond acceptors (Lipinski definition) is 7. The minimum absolute atomic E-state index is 0.127. The number of carbonyl (C=O) groups excluding carboxylic acids is 2. The van der Waals surface area contributed by atoms with Crippen LogP contribution in [0.3, 0.4) is 0 Å². The van der Waals surface area contributed by atoms with Gasteiger partial charge in [-0.05, 0) is 59.9 Å². The summed E-state index contributed by atoms with van der Waals surface area (Å²) in [6, 6.07) is 7.25. The van der Waals surface area contributed by atoms with Crippen molar-refractivity contribution in [3.05, 3.63) is 59.4 Å². The number of aromatic hydroxyl groups is 4. The molecule has 0 radical (unpaired) electrons. The summed E-state index contributed by atoms with van der Waals surface area (Å²) in [4.78, 5) is 25.2. The fourth-order valence-electron chi connectivity index (χ4n) is 2.73.